The summed E-state index contributed by atoms with van der Waals surface area (Å²) in [5, 5.41) is 11.8. The number of alkyl carbamates (subject to hydrolysis) is 1. The summed E-state index contributed by atoms with van der Waals surface area (Å²) in [7, 11) is 0. The standard InChI is InChI=1S/C25H21F3N4O5/c1-23-10-17(31-22(35)36-12-13-5-7-30-8-6-13)24(2,37-23)19-18(23)20(33)32(21(19)34)15-4-3-14(11-29)16(9-15)25(26,27)28/h3-9,17-19H,10,12H2,1-2H3,(H,31,35)/t17-,18-,19+,23?,24?/m1/s1. The first-order valence-electron chi connectivity index (χ1n) is 11.4. The Kier molecular flexibility index (Phi) is 5.52. The second-order valence-electron chi connectivity index (χ2n) is 9.74. The number of hydrogen-bond donors (Lipinski definition) is 1. The van der Waals surface area contributed by atoms with Gasteiger partial charge in [-0.25, -0.2) is 9.69 Å². The quantitative estimate of drug-likeness (QED) is 0.621. The summed E-state index contributed by atoms with van der Waals surface area (Å²) < 4.78 is 52.0. The number of alkyl halides is 3. The molecule has 2 aromatic rings. The van der Waals surface area contributed by atoms with Crippen molar-refractivity contribution in [3.05, 3.63) is 59.4 Å². The molecule has 0 aliphatic carbocycles. The molecule has 5 atom stereocenters. The molecule has 3 aliphatic rings. The van der Waals surface area contributed by atoms with Crippen LogP contribution in [0.5, 0.6) is 0 Å². The van der Waals surface area contributed by atoms with Gasteiger partial charge >= 0.3 is 12.3 Å². The van der Waals surface area contributed by atoms with Crippen LogP contribution in [-0.2, 0) is 31.8 Å². The Bertz CT molecular complexity index is 1340. The molecule has 12 heteroatoms. The zero-order valence-corrected chi connectivity index (χ0v) is 19.7. The van der Waals surface area contributed by atoms with Gasteiger partial charge in [0.2, 0.25) is 11.8 Å². The predicted octanol–water partition coefficient (Wildman–Crippen LogP) is 3.32. The average Bonchev–Trinajstić information content (AvgIpc) is 3.37. The van der Waals surface area contributed by atoms with Crippen molar-refractivity contribution >= 4 is 23.6 Å². The molecule has 3 aliphatic heterocycles. The number of rotatable bonds is 4. The summed E-state index contributed by atoms with van der Waals surface area (Å²) >= 11 is 0. The number of aromatic nitrogens is 1. The van der Waals surface area contributed by atoms with E-state index in [1.54, 1.807) is 38.4 Å². The number of pyridine rings is 1. The number of nitrogens with one attached hydrogen (secondary N) is 1. The van der Waals surface area contributed by atoms with Crippen LogP contribution in [-0.4, -0.2) is 40.1 Å². The van der Waals surface area contributed by atoms with Crippen LogP contribution in [0.4, 0.5) is 23.7 Å². The molecule has 1 aromatic heterocycles. The maximum Gasteiger partial charge on any atom is 0.417 e. The molecule has 4 heterocycles. The molecule has 3 saturated heterocycles. The molecular weight excluding hydrogens is 493 g/mol. The topological polar surface area (TPSA) is 122 Å². The maximum atomic E-state index is 13.5. The van der Waals surface area contributed by atoms with E-state index >= 15 is 0 Å². The lowest BCUT2D eigenvalue weighted by molar-refractivity contribution is -0.138. The number of benzene rings is 1. The largest absolute Gasteiger partial charge is 0.445 e. The number of halogens is 3. The van der Waals surface area contributed by atoms with Crippen molar-refractivity contribution in [3.8, 4) is 6.07 Å². The number of nitrogens with zero attached hydrogens (tertiary/aromatic N) is 3. The summed E-state index contributed by atoms with van der Waals surface area (Å²) in [5.74, 6) is -3.39. The fourth-order valence-electron chi connectivity index (χ4n) is 5.82. The minimum absolute atomic E-state index is 0.00656. The number of anilines is 1. The number of imide groups is 1. The van der Waals surface area contributed by atoms with Crippen molar-refractivity contribution < 1.29 is 37.0 Å². The highest BCUT2D eigenvalue weighted by Gasteiger charge is 2.76. The molecule has 0 saturated carbocycles. The van der Waals surface area contributed by atoms with E-state index < -0.39 is 64.3 Å². The first-order valence-corrected chi connectivity index (χ1v) is 11.4. The second kappa shape index (κ2) is 8.27. The van der Waals surface area contributed by atoms with Gasteiger partial charge in [-0.3, -0.25) is 14.6 Å². The molecular formula is C25H21F3N4O5. The Labute approximate surface area is 209 Å². The first kappa shape index (κ1) is 24.7. The van der Waals surface area contributed by atoms with E-state index in [2.05, 4.69) is 10.3 Å². The number of fused-ring (bicyclic) bond motifs is 5. The lowest BCUT2D eigenvalue weighted by Crippen LogP contribution is -2.56. The van der Waals surface area contributed by atoms with Crippen LogP contribution in [0.2, 0.25) is 0 Å². The predicted molar refractivity (Wildman–Crippen MR) is 119 cm³/mol. The minimum Gasteiger partial charge on any atom is -0.445 e. The van der Waals surface area contributed by atoms with Crippen molar-refractivity contribution in [2.24, 2.45) is 11.8 Å². The van der Waals surface area contributed by atoms with Crippen molar-refractivity contribution in [2.45, 2.75) is 50.3 Å². The molecule has 1 N–H and O–H groups in total. The van der Waals surface area contributed by atoms with E-state index in [-0.39, 0.29) is 18.7 Å². The highest BCUT2D eigenvalue weighted by molar-refractivity contribution is 6.23. The van der Waals surface area contributed by atoms with Gasteiger partial charge in [-0.1, -0.05) is 0 Å². The van der Waals surface area contributed by atoms with E-state index in [9.17, 15) is 27.6 Å². The highest BCUT2D eigenvalue weighted by Crippen LogP contribution is 2.61. The zero-order valence-electron chi connectivity index (χ0n) is 19.7. The monoisotopic (exact) mass is 514 g/mol. The summed E-state index contributed by atoms with van der Waals surface area (Å²) in [6.07, 6.45) is -2.28. The SMILES string of the molecule is CC12C[C@@H](NC(=O)OCc3ccncc3)C(C)(O1)[C@@H]1C(=O)N(c3ccc(C#N)c(C(F)(F)F)c3)C(=O)[C@@H]12. The number of carbonyl (C=O) groups is 3. The van der Waals surface area contributed by atoms with Crippen LogP contribution in [0.25, 0.3) is 0 Å². The summed E-state index contributed by atoms with van der Waals surface area (Å²) in [6, 6.07) is 6.88. The van der Waals surface area contributed by atoms with Gasteiger partial charge in [-0.2, -0.15) is 18.4 Å². The van der Waals surface area contributed by atoms with E-state index in [4.69, 9.17) is 14.7 Å². The molecule has 5 rings (SSSR count). The van der Waals surface area contributed by atoms with Crippen molar-refractivity contribution in [3.63, 3.8) is 0 Å². The van der Waals surface area contributed by atoms with Gasteiger partial charge in [0.25, 0.3) is 0 Å². The van der Waals surface area contributed by atoms with Crippen LogP contribution < -0.4 is 10.2 Å². The van der Waals surface area contributed by atoms with Gasteiger partial charge in [0.05, 0.1) is 52.0 Å². The number of ether oxygens (including phenoxy) is 2. The lowest BCUT2D eigenvalue weighted by Gasteiger charge is -2.35. The lowest BCUT2D eigenvalue weighted by atomic mass is 9.66. The van der Waals surface area contributed by atoms with Gasteiger partial charge in [0, 0.05) is 18.8 Å². The Balaban J connectivity index is 1.39. The first-order chi connectivity index (χ1) is 17.4. The van der Waals surface area contributed by atoms with Gasteiger partial charge < -0.3 is 14.8 Å². The summed E-state index contributed by atoms with van der Waals surface area (Å²) in [6.45, 7) is 3.24. The third-order valence-corrected chi connectivity index (χ3v) is 7.43. The van der Waals surface area contributed by atoms with Crippen molar-refractivity contribution in [1.82, 2.24) is 10.3 Å². The highest BCUT2D eigenvalue weighted by atomic mass is 19.4. The van der Waals surface area contributed by atoms with Crippen molar-refractivity contribution in [1.29, 1.82) is 5.26 Å². The molecule has 9 nitrogen and oxygen atoms in total. The number of hydrogen-bond acceptors (Lipinski definition) is 7. The van der Waals surface area contributed by atoms with Crippen LogP contribution >= 0.6 is 0 Å². The van der Waals surface area contributed by atoms with Crippen LogP contribution in [0.1, 0.15) is 37.0 Å². The van der Waals surface area contributed by atoms with Gasteiger partial charge in [-0.05, 0) is 49.7 Å². The van der Waals surface area contributed by atoms with E-state index in [1.807, 2.05) is 0 Å². The van der Waals surface area contributed by atoms with E-state index in [1.165, 1.54) is 6.07 Å². The molecule has 0 spiro atoms. The normalized spacial score (nSPS) is 30.3. The average molecular weight is 514 g/mol. The Hall–Kier alpha value is -3.98. The molecule has 3 amide bonds. The molecule has 1 aromatic carbocycles. The second-order valence-corrected chi connectivity index (χ2v) is 9.74. The van der Waals surface area contributed by atoms with Crippen LogP contribution in [0, 0.1) is 23.2 Å². The van der Waals surface area contributed by atoms with E-state index in [0.29, 0.717) is 6.07 Å². The number of nitriles is 1. The molecule has 0 radical (unpaired) electrons. The fourth-order valence-corrected chi connectivity index (χ4v) is 5.82. The third kappa shape index (κ3) is 3.81. The Morgan fingerprint density at radius 3 is 2.54 bits per heavy atom. The smallest absolute Gasteiger partial charge is 0.417 e. The van der Waals surface area contributed by atoms with Crippen LogP contribution in [0.3, 0.4) is 0 Å². The van der Waals surface area contributed by atoms with E-state index in [0.717, 1.165) is 22.6 Å². The number of carbonyl (C=O) groups excluding carboxylic acids is 3. The Morgan fingerprint density at radius 1 is 1.22 bits per heavy atom. The minimum atomic E-state index is -4.85. The van der Waals surface area contributed by atoms with Gasteiger partial charge in [0.1, 0.15) is 6.61 Å². The Morgan fingerprint density at radius 2 is 1.89 bits per heavy atom. The zero-order chi connectivity index (χ0) is 26.8. The molecule has 37 heavy (non-hydrogen) atoms. The van der Waals surface area contributed by atoms with Gasteiger partial charge in [-0.15, -0.1) is 0 Å². The van der Waals surface area contributed by atoms with Gasteiger partial charge in [0.15, 0.2) is 0 Å². The third-order valence-electron chi connectivity index (χ3n) is 7.43. The fraction of sp³-hybridized carbons (Fsp3) is 0.400. The molecule has 3 fully saturated rings. The number of amides is 3. The summed E-state index contributed by atoms with van der Waals surface area (Å²) in [4.78, 5) is 44.1. The van der Waals surface area contributed by atoms with Crippen molar-refractivity contribution in [2.75, 3.05) is 4.90 Å². The maximum absolute atomic E-state index is 13.5. The van der Waals surface area contributed by atoms with Crippen LogP contribution in [0.15, 0.2) is 42.7 Å². The molecule has 2 unspecified atom stereocenters. The molecule has 192 valence electrons. The summed E-state index contributed by atoms with van der Waals surface area (Å²) in [5.41, 5.74) is -3.84. The molecule has 2 bridgehead atoms.